The minimum Gasteiger partial charge on any atom is -0.342 e. The van der Waals surface area contributed by atoms with Crippen LogP contribution in [0.2, 0.25) is 0 Å². The molecule has 3 rings (SSSR count). The van der Waals surface area contributed by atoms with Gasteiger partial charge in [0.25, 0.3) is 0 Å². The van der Waals surface area contributed by atoms with Crippen LogP contribution in [0.5, 0.6) is 0 Å². The van der Waals surface area contributed by atoms with Gasteiger partial charge in [0.05, 0.1) is 5.41 Å². The SMILES string of the molecule is CC(C)(C)[C@H]1CCN2CCC[C@@](c3ccccc3)(C1)C2=O. The maximum absolute atomic E-state index is 13.1. The first-order valence-electron chi connectivity index (χ1n) is 8.28. The molecule has 2 heterocycles. The predicted octanol–water partition coefficient (Wildman–Crippen LogP) is 4.00. The summed E-state index contributed by atoms with van der Waals surface area (Å²) in [6, 6.07) is 10.5. The highest BCUT2D eigenvalue weighted by Crippen LogP contribution is 2.47. The van der Waals surface area contributed by atoms with Crippen LogP contribution in [0.25, 0.3) is 0 Å². The number of nitrogens with zero attached hydrogens (tertiary/aromatic N) is 1. The number of piperidine rings is 1. The molecule has 1 amide bonds. The molecule has 2 fully saturated rings. The van der Waals surface area contributed by atoms with Crippen molar-refractivity contribution in [1.82, 2.24) is 4.90 Å². The van der Waals surface area contributed by atoms with Gasteiger partial charge in [0, 0.05) is 13.1 Å². The molecular weight excluding hydrogens is 258 g/mol. The van der Waals surface area contributed by atoms with Crippen molar-refractivity contribution in [3.05, 3.63) is 35.9 Å². The smallest absolute Gasteiger partial charge is 0.233 e. The molecule has 1 aromatic carbocycles. The lowest BCUT2D eigenvalue weighted by Gasteiger charge is -2.42. The fraction of sp³-hybridized carbons (Fsp3) is 0.632. The number of rotatable bonds is 1. The maximum Gasteiger partial charge on any atom is 0.233 e. The van der Waals surface area contributed by atoms with Gasteiger partial charge in [0.2, 0.25) is 5.91 Å². The van der Waals surface area contributed by atoms with Crippen LogP contribution < -0.4 is 0 Å². The zero-order valence-electron chi connectivity index (χ0n) is 13.6. The van der Waals surface area contributed by atoms with Crippen LogP contribution in [-0.2, 0) is 10.2 Å². The summed E-state index contributed by atoms with van der Waals surface area (Å²) >= 11 is 0. The van der Waals surface area contributed by atoms with E-state index in [1.54, 1.807) is 0 Å². The van der Waals surface area contributed by atoms with Gasteiger partial charge in [-0.25, -0.2) is 0 Å². The Bertz CT molecular complexity index is 516. The number of amides is 1. The minimum atomic E-state index is -0.270. The molecule has 2 bridgehead atoms. The van der Waals surface area contributed by atoms with E-state index in [0.717, 1.165) is 38.8 Å². The summed E-state index contributed by atoms with van der Waals surface area (Å²) in [4.78, 5) is 15.3. The van der Waals surface area contributed by atoms with Gasteiger partial charge in [-0.3, -0.25) is 4.79 Å². The molecule has 0 aliphatic carbocycles. The van der Waals surface area contributed by atoms with Crippen LogP contribution in [-0.4, -0.2) is 23.9 Å². The maximum atomic E-state index is 13.1. The van der Waals surface area contributed by atoms with Crippen molar-refractivity contribution >= 4 is 5.91 Å². The fourth-order valence-electron chi connectivity index (χ4n) is 4.20. The van der Waals surface area contributed by atoms with Gasteiger partial charge in [-0.1, -0.05) is 51.1 Å². The lowest BCUT2D eigenvalue weighted by molar-refractivity contribution is -0.140. The van der Waals surface area contributed by atoms with Crippen molar-refractivity contribution in [3.8, 4) is 0 Å². The summed E-state index contributed by atoms with van der Waals surface area (Å²) < 4.78 is 0. The van der Waals surface area contributed by atoms with E-state index in [1.807, 2.05) is 6.07 Å². The summed E-state index contributed by atoms with van der Waals surface area (Å²) in [5.41, 5.74) is 1.23. The van der Waals surface area contributed by atoms with Crippen LogP contribution in [0.15, 0.2) is 30.3 Å². The summed E-state index contributed by atoms with van der Waals surface area (Å²) in [6.45, 7) is 8.86. The molecule has 0 unspecified atom stereocenters. The second-order valence-corrected chi connectivity index (χ2v) is 7.90. The highest BCUT2D eigenvalue weighted by molar-refractivity contribution is 5.89. The molecule has 0 aromatic heterocycles. The van der Waals surface area contributed by atoms with Crippen molar-refractivity contribution in [2.45, 2.75) is 51.9 Å². The molecule has 21 heavy (non-hydrogen) atoms. The van der Waals surface area contributed by atoms with E-state index in [-0.39, 0.29) is 10.8 Å². The Morgan fingerprint density at radius 1 is 1.14 bits per heavy atom. The number of benzene rings is 1. The molecule has 1 aromatic rings. The highest BCUT2D eigenvalue weighted by atomic mass is 16.2. The number of carbonyl (C=O) groups excluding carboxylic acids is 1. The van der Waals surface area contributed by atoms with Gasteiger partial charge < -0.3 is 4.90 Å². The van der Waals surface area contributed by atoms with Gasteiger partial charge in [0.1, 0.15) is 0 Å². The van der Waals surface area contributed by atoms with E-state index >= 15 is 0 Å². The average Bonchev–Trinajstić information content (AvgIpc) is 2.54. The van der Waals surface area contributed by atoms with E-state index in [2.05, 4.69) is 49.9 Å². The third-order valence-electron chi connectivity index (χ3n) is 5.62. The predicted molar refractivity (Wildman–Crippen MR) is 86.1 cm³/mol. The van der Waals surface area contributed by atoms with Crippen LogP contribution >= 0.6 is 0 Å². The van der Waals surface area contributed by atoms with Crippen LogP contribution in [0.4, 0.5) is 0 Å². The standard InChI is InChI=1S/C19H27NO/c1-18(2,3)16-10-13-20-12-7-11-19(14-16,17(20)21)15-8-5-4-6-9-15/h4-6,8-9,16H,7,10-14H2,1-3H3/t16-,19-/m0/s1. The van der Waals surface area contributed by atoms with E-state index < -0.39 is 0 Å². The summed E-state index contributed by atoms with van der Waals surface area (Å²) in [5.74, 6) is 0.983. The van der Waals surface area contributed by atoms with Gasteiger partial charge >= 0.3 is 0 Å². The summed E-state index contributed by atoms with van der Waals surface area (Å²) in [7, 11) is 0. The third-order valence-corrected chi connectivity index (χ3v) is 5.62. The Morgan fingerprint density at radius 3 is 2.52 bits per heavy atom. The molecule has 2 aliphatic rings. The zero-order chi connectivity index (χ0) is 15.1. The quantitative estimate of drug-likeness (QED) is 0.763. The molecule has 2 nitrogen and oxygen atoms in total. The topological polar surface area (TPSA) is 20.3 Å². The second kappa shape index (κ2) is 5.15. The van der Waals surface area contributed by atoms with E-state index in [9.17, 15) is 4.79 Å². The van der Waals surface area contributed by atoms with Gasteiger partial charge in [-0.15, -0.1) is 0 Å². The molecule has 0 radical (unpaired) electrons. The first kappa shape index (κ1) is 14.6. The molecule has 2 saturated heterocycles. The normalized spacial score (nSPS) is 30.1. The van der Waals surface area contributed by atoms with Crippen molar-refractivity contribution in [3.63, 3.8) is 0 Å². The molecular formula is C19H27NO. The third kappa shape index (κ3) is 2.49. The Hall–Kier alpha value is -1.31. The number of hydrogen-bond acceptors (Lipinski definition) is 1. The Kier molecular flexibility index (Phi) is 3.59. The van der Waals surface area contributed by atoms with Crippen molar-refractivity contribution < 1.29 is 4.79 Å². The zero-order valence-corrected chi connectivity index (χ0v) is 13.6. The summed E-state index contributed by atoms with van der Waals surface area (Å²) in [5, 5.41) is 0. The Balaban J connectivity index is 2.06. The fourth-order valence-corrected chi connectivity index (χ4v) is 4.20. The van der Waals surface area contributed by atoms with Crippen molar-refractivity contribution in [2.75, 3.05) is 13.1 Å². The van der Waals surface area contributed by atoms with Crippen LogP contribution in [0.1, 0.15) is 52.0 Å². The van der Waals surface area contributed by atoms with Gasteiger partial charge in [0.15, 0.2) is 0 Å². The van der Waals surface area contributed by atoms with E-state index in [1.165, 1.54) is 5.56 Å². The monoisotopic (exact) mass is 285 g/mol. The van der Waals surface area contributed by atoms with Crippen molar-refractivity contribution in [1.29, 1.82) is 0 Å². The summed E-state index contributed by atoms with van der Waals surface area (Å²) in [6.07, 6.45) is 4.30. The van der Waals surface area contributed by atoms with Crippen molar-refractivity contribution in [2.24, 2.45) is 11.3 Å². The van der Waals surface area contributed by atoms with Crippen LogP contribution in [0.3, 0.4) is 0 Å². The average molecular weight is 285 g/mol. The van der Waals surface area contributed by atoms with Gasteiger partial charge in [-0.05, 0) is 42.6 Å². The molecule has 0 saturated carbocycles. The lowest BCUT2D eigenvalue weighted by atomic mass is 9.64. The van der Waals surface area contributed by atoms with Gasteiger partial charge in [-0.2, -0.15) is 0 Å². The molecule has 0 spiro atoms. The molecule has 2 aliphatic heterocycles. The number of carbonyl (C=O) groups is 1. The second-order valence-electron chi connectivity index (χ2n) is 7.90. The molecule has 0 N–H and O–H groups in total. The largest absolute Gasteiger partial charge is 0.342 e. The molecule has 2 heteroatoms. The van der Waals surface area contributed by atoms with E-state index in [4.69, 9.17) is 0 Å². The molecule has 114 valence electrons. The van der Waals surface area contributed by atoms with Crippen LogP contribution in [0, 0.1) is 11.3 Å². The number of hydrogen-bond donors (Lipinski definition) is 0. The lowest BCUT2D eigenvalue weighted by Crippen LogP contribution is -2.50. The first-order chi connectivity index (χ1) is 9.93. The molecule has 2 atom stereocenters. The first-order valence-corrected chi connectivity index (χ1v) is 8.28. The minimum absolute atomic E-state index is 0.265. The highest BCUT2D eigenvalue weighted by Gasteiger charge is 2.49. The Labute approximate surface area is 128 Å². The number of fused-ring (bicyclic) bond motifs is 2. The Morgan fingerprint density at radius 2 is 1.86 bits per heavy atom. The van der Waals surface area contributed by atoms with E-state index in [0.29, 0.717) is 11.8 Å².